The lowest BCUT2D eigenvalue weighted by atomic mass is 10.1. The molecule has 7 heteroatoms. The Bertz CT molecular complexity index is 1000. The molecule has 1 atom stereocenters. The van der Waals surface area contributed by atoms with Crippen LogP contribution in [0.15, 0.2) is 36.4 Å². The van der Waals surface area contributed by atoms with E-state index >= 15 is 0 Å². The number of amides is 2. The van der Waals surface area contributed by atoms with E-state index in [1.807, 2.05) is 25.1 Å². The SMILES string of the molecule is Cc1ccc(C(=O)NC2CC2)cc1NC(=O)c1cc(N2CCN(C)C(C)C2)ccc1N. The number of nitrogens with two attached hydrogens (primary N) is 1. The highest BCUT2D eigenvalue weighted by Crippen LogP contribution is 2.26. The molecule has 1 saturated carbocycles. The third-order valence-electron chi connectivity index (χ3n) is 6.27. The van der Waals surface area contributed by atoms with Gasteiger partial charge in [0, 0.05) is 54.3 Å². The van der Waals surface area contributed by atoms with Crippen molar-refractivity contribution in [2.24, 2.45) is 0 Å². The van der Waals surface area contributed by atoms with Gasteiger partial charge in [0.1, 0.15) is 0 Å². The van der Waals surface area contributed by atoms with Gasteiger partial charge in [0.25, 0.3) is 11.8 Å². The summed E-state index contributed by atoms with van der Waals surface area (Å²) in [4.78, 5) is 30.1. The maximum atomic E-state index is 13.1. The zero-order chi connectivity index (χ0) is 22.1. The van der Waals surface area contributed by atoms with Crippen molar-refractivity contribution in [2.75, 3.05) is 42.6 Å². The monoisotopic (exact) mass is 421 g/mol. The summed E-state index contributed by atoms with van der Waals surface area (Å²) in [7, 11) is 2.13. The van der Waals surface area contributed by atoms with E-state index in [2.05, 4.69) is 34.4 Å². The van der Waals surface area contributed by atoms with Crippen molar-refractivity contribution in [1.29, 1.82) is 0 Å². The van der Waals surface area contributed by atoms with E-state index in [4.69, 9.17) is 5.73 Å². The lowest BCUT2D eigenvalue weighted by molar-refractivity contribution is 0.0949. The summed E-state index contributed by atoms with van der Waals surface area (Å²) in [6.45, 7) is 6.89. The standard InChI is InChI=1S/C24H31N5O2/c1-15-4-5-17(23(30)26-18-6-7-18)12-22(15)27-24(31)20-13-19(8-9-21(20)25)29-11-10-28(3)16(2)14-29/h4-5,8-9,12-13,16,18H,6-7,10-11,14,25H2,1-3H3,(H,26,30)(H,27,31). The third-order valence-corrected chi connectivity index (χ3v) is 6.27. The second-order valence-corrected chi connectivity index (χ2v) is 8.78. The molecule has 164 valence electrons. The van der Waals surface area contributed by atoms with Crippen LogP contribution < -0.4 is 21.3 Å². The number of nitrogens with zero attached hydrogens (tertiary/aromatic N) is 2. The fourth-order valence-electron chi connectivity index (χ4n) is 3.80. The Morgan fingerprint density at radius 3 is 2.55 bits per heavy atom. The number of benzene rings is 2. The molecule has 31 heavy (non-hydrogen) atoms. The molecule has 2 aromatic carbocycles. The number of piperazine rings is 1. The zero-order valence-corrected chi connectivity index (χ0v) is 18.4. The van der Waals surface area contributed by atoms with Gasteiger partial charge < -0.3 is 26.2 Å². The van der Waals surface area contributed by atoms with Crippen LogP contribution in [0.3, 0.4) is 0 Å². The molecule has 7 nitrogen and oxygen atoms in total. The van der Waals surface area contributed by atoms with Crippen LogP contribution in [0.2, 0.25) is 0 Å². The molecule has 4 N–H and O–H groups in total. The van der Waals surface area contributed by atoms with Gasteiger partial charge in [0.05, 0.1) is 5.56 Å². The number of hydrogen-bond donors (Lipinski definition) is 3. The smallest absolute Gasteiger partial charge is 0.257 e. The van der Waals surface area contributed by atoms with Gasteiger partial charge in [-0.1, -0.05) is 6.07 Å². The van der Waals surface area contributed by atoms with E-state index in [0.717, 1.165) is 43.7 Å². The first-order valence-electron chi connectivity index (χ1n) is 10.9. The first-order chi connectivity index (χ1) is 14.8. The minimum atomic E-state index is -0.274. The van der Waals surface area contributed by atoms with Crippen LogP contribution in [-0.4, -0.2) is 55.5 Å². The number of hydrogen-bond acceptors (Lipinski definition) is 5. The van der Waals surface area contributed by atoms with Gasteiger partial charge in [0.15, 0.2) is 0 Å². The van der Waals surface area contributed by atoms with Gasteiger partial charge in [-0.3, -0.25) is 9.59 Å². The largest absolute Gasteiger partial charge is 0.398 e. The van der Waals surface area contributed by atoms with E-state index in [-0.39, 0.29) is 17.9 Å². The van der Waals surface area contributed by atoms with E-state index in [1.165, 1.54) is 0 Å². The molecule has 1 saturated heterocycles. The number of nitrogens with one attached hydrogen (secondary N) is 2. The van der Waals surface area contributed by atoms with Crippen LogP contribution in [-0.2, 0) is 0 Å². The number of carbonyl (C=O) groups is 2. The lowest BCUT2D eigenvalue weighted by Crippen LogP contribution is -2.50. The van der Waals surface area contributed by atoms with E-state index < -0.39 is 0 Å². The molecule has 2 aromatic rings. The molecule has 2 aliphatic rings. The molecule has 0 radical (unpaired) electrons. The van der Waals surface area contributed by atoms with Gasteiger partial charge in [-0.05, 0) is 69.6 Å². The van der Waals surface area contributed by atoms with Crippen molar-refractivity contribution in [3.8, 4) is 0 Å². The molecule has 1 heterocycles. The fourth-order valence-corrected chi connectivity index (χ4v) is 3.80. The normalized spacial score (nSPS) is 19.2. The molecule has 2 amide bonds. The number of carbonyl (C=O) groups excluding carboxylic acids is 2. The summed E-state index contributed by atoms with van der Waals surface area (Å²) in [5, 5.41) is 5.93. The van der Waals surface area contributed by atoms with Crippen LogP contribution in [0.4, 0.5) is 17.1 Å². The van der Waals surface area contributed by atoms with Crippen LogP contribution >= 0.6 is 0 Å². The molecule has 1 aliphatic heterocycles. The molecular weight excluding hydrogens is 390 g/mol. The maximum Gasteiger partial charge on any atom is 0.257 e. The summed E-state index contributed by atoms with van der Waals surface area (Å²) >= 11 is 0. The van der Waals surface area contributed by atoms with Gasteiger partial charge >= 0.3 is 0 Å². The van der Waals surface area contributed by atoms with Crippen molar-refractivity contribution in [1.82, 2.24) is 10.2 Å². The topological polar surface area (TPSA) is 90.7 Å². The molecule has 0 bridgehead atoms. The average Bonchev–Trinajstić information content (AvgIpc) is 3.56. The number of aryl methyl sites for hydroxylation is 1. The Morgan fingerprint density at radius 1 is 1.06 bits per heavy atom. The van der Waals surface area contributed by atoms with Gasteiger partial charge in [-0.25, -0.2) is 0 Å². The zero-order valence-electron chi connectivity index (χ0n) is 18.4. The van der Waals surface area contributed by atoms with Gasteiger partial charge in [-0.2, -0.15) is 0 Å². The average molecular weight is 422 g/mol. The minimum Gasteiger partial charge on any atom is -0.398 e. The van der Waals surface area contributed by atoms with Crippen molar-refractivity contribution in [3.05, 3.63) is 53.1 Å². The molecule has 2 fully saturated rings. The lowest BCUT2D eigenvalue weighted by Gasteiger charge is -2.39. The highest BCUT2D eigenvalue weighted by Gasteiger charge is 2.25. The Morgan fingerprint density at radius 2 is 1.84 bits per heavy atom. The van der Waals surface area contributed by atoms with Crippen molar-refractivity contribution >= 4 is 28.9 Å². The predicted molar refractivity (Wildman–Crippen MR) is 125 cm³/mol. The Labute approximate surface area is 183 Å². The summed E-state index contributed by atoms with van der Waals surface area (Å²) < 4.78 is 0. The minimum absolute atomic E-state index is 0.108. The predicted octanol–water partition coefficient (Wildman–Crippen LogP) is 2.86. The van der Waals surface area contributed by atoms with Crippen LogP contribution in [0, 0.1) is 6.92 Å². The van der Waals surface area contributed by atoms with Gasteiger partial charge in [0.2, 0.25) is 0 Å². The van der Waals surface area contributed by atoms with Gasteiger partial charge in [-0.15, -0.1) is 0 Å². The molecule has 0 aromatic heterocycles. The quantitative estimate of drug-likeness (QED) is 0.646. The third kappa shape index (κ3) is 4.82. The summed E-state index contributed by atoms with van der Waals surface area (Å²) in [6.07, 6.45) is 2.06. The Kier molecular flexibility index (Phi) is 5.87. The second kappa shape index (κ2) is 8.59. The van der Waals surface area contributed by atoms with Crippen LogP contribution in [0.1, 0.15) is 46.0 Å². The number of likely N-dealkylation sites (N-methyl/N-ethyl adjacent to an activating group) is 1. The first-order valence-corrected chi connectivity index (χ1v) is 10.9. The van der Waals surface area contributed by atoms with E-state index in [9.17, 15) is 9.59 Å². The molecule has 4 rings (SSSR count). The summed E-state index contributed by atoms with van der Waals surface area (Å²) in [5.74, 6) is -0.381. The summed E-state index contributed by atoms with van der Waals surface area (Å²) in [5.41, 5.74) is 10.1. The number of nitrogen functional groups attached to an aromatic ring is 1. The Balaban J connectivity index is 1.52. The number of rotatable bonds is 5. The van der Waals surface area contributed by atoms with Crippen LogP contribution in [0.25, 0.3) is 0 Å². The van der Waals surface area contributed by atoms with Crippen molar-refractivity contribution in [3.63, 3.8) is 0 Å². The first kappa shape index (κ1) is 21.2. The van der Waals surface area contributed by atoms with Crippen LogP contribution in [0.5, 0.6) is 0 Å². The second-order valence-electron chi connectivity index (χ2n) is 8.78. The molecule has 0 spiro atoms. The highest BCUT2D eigenvalue weighted by atomic mass is 16.2. The Hall–Kier alpha value is -3.06. The molecular formula is C24H31N5O2. The highest BCUT2D eigenvalue weighted by molar-refractivity contribution is 6.09. The van der Waals surface area contributed by atoms with Crippen molar-refractivity contribution in [2.45, 2.75) is 38.8 Å². The van der Waals surface area contributed by atoms with E-state index in [1.54, 1.807) is 18.2 Å². The fraction of sp³-hybridized carbons (Fsp3) is 0.417. The maximum absolute atomic E-state index is 13.1. The molecule has 1 unspecified atom stereocenters. The van der Waals surface area contributed by atoms with E-state index in [0.29, 0.717) is 28.5 Å². The number of anilines is 3. The summed E-state index contributed by atoms with van der Waals surface area (Å²) in [6, 6.07) is 11.7. The molecule has 1 aliphatic carbocycles. The van der Waals surface area contributed by atoms with Crippen molar-refractivity contribution < 1.29 is 9.59 Å².